The zero-order valence-corrected chi connectivity index (χ0v) is 10.9. The standard InChI is InChI=1S/C13H23NO4/c1-2-3-4-5-13(16)14-11-6-8-17-10-12(11)18-9-7-15/h3-4,11-12,15H,2,5-10H2,1H3,(H,14,16)/b4-3+/t11-,12-/m1/s1. The van der Waals surface area contributed by atoms with Crippen LogP contribution in [-0.4, -0.2) is 49.6 Å². The molecule has 1 aliphatic rings. The summed E-state index contributed by atoms with van der Waals surface area (Å²) < 4.78 is 10.8. The second kappa shape index (κ2) is 9.08. The van der Waals surface area contributed by atoms with Crippen molar-refractivity contribution >= 4 is 5.91 Å². The Labute approximate surface area is 108 Å². The van der Waals surface area contributed by atoms with Crippen molar-refractivity contribution in [3.8, 4) is 0 Å². The molecule has 0 aromatic rings. The first kappa shape index (κ1) is 15.1. The Morgan fingerprint density at radius 2 is 2.39 bits per heavy atom. The van der Waals surface area contributed by atoms with E-state index >= 15 is 0 Å². The number of nitrogens with one attached hydrogen (secondary N) is 1. The minimum absolute atomic E-state index is 0.00389. The van der Waals surface area contributed by atoms with Crippen LogP contribution in [0.2, 0.25) is 0 Å². The maximum absolute atomic E-state index is 11.7. The first-order chi connectivity index (χ1) is 8.77. The molecule has 5 heteroatoms. The van der Waals surface area contributed by atoms with Gasteiger partial charge in [-0.05, 0) is 12.8 Å². The van der Waals surface area contributed by atoms with Gasteiger partial charge in [0.05, 0.1) is 25.9 Å². The van der Waals surface area contributed by atoms with Gasteiger partial charge in [0.2, 0.25) is 5.91 Å². The Kier molecular flexibility index (Phi) is 7.64. The van der Waals surface area contributed by atoms with Gasteiger partial charge >= 0.3 is 0 Å². The minimum atomic E-state index is -0.162. The average molecular weight is 257 g/mol. The van der Waals surface area contributed by atoms with Crippen LogP contribution in [-0.2, 0) is 14.3 Å². The first-order valence-corrected chi connectivity index (χ1v) is 6.52. The molecule has 104 valence electrons. The predicted molar refractivity (Wildman–Crippen MR) is 68.2 cm³/mol. The highest BCUT2D eigenvalue weighted by molar-refractivity contribution is 5.77. The summed E-state index contributed by atoms with van der Waals surface area (Å²) in [6, 6.07) is -0.0205. The van der Waals surface area contributed by atoms with Gasteiger partial charge in [-0.25, -0.2) is 0 Å². The molecule has 1 heterocycles. The second-order valence-corrected chi connectivity index (χ2v) is 4.25. The summed E-state index contributed by atoms with van der Waals surface area (Å²) in [5.74, 6) is 0.00389. The third-order valence-corrected chi connectivity index (χ3v) is 2.78. The van der Waals surface area contributed by atoms with Gasteiger partial charge in [-0.15, -0.1) is 0 Å². The Hall–Kier alpha value is -0.910. The van der Waals surface area contributed by atoms with Gasteiger partial charge in [0.15, 0.2) is 0 Å². The normalized spacial score (nSPS) is 24.3. The van der Waals surface area contributed by atoms with Crippen molar-refractivity contribution in [3.05, 3.63) is 12.2 Å². The predicted octanol–water partition coefficient (Wildman–Crippen LogP) is 0.625. The number of carbonyl (C=O) groups is 1. The molecule has 0 unspecified atom stereocenters. The second-order valence-electron chi connectivity index (χ2n) is 4.25. The molecule has 5 nitrogen and oxygen atoms in total. The highest BCUT2D eigenvalue weighted by Crippen LogP contribution is 2.11. The number of aliphatic hydroxyl groups is 1. The molecule has 0 radical (unpaired) electrons. The number of amides is 1. The minimum Gasteiger partial charge on any atom is -0.394 e. The van der Waals surface area contributed by atoms with Crippen molar-refractivity contribution < 1.29 is 19.4 Å². The van der Waals surface area contributed by atoms with Crippen LogP contribution in [0.5, 0.6) is 0 Å². The van der Waals surface area contributed by atoms with Gasteiger partial charge < -0.3 is 19.9 Å². The van der Waals surface area contributed by atoms with E-state index in [1.165, 1.54) is 0 Å². The first-order valence-electron chi connectivity index (χ1n) is 6.52. The van der Waals surface area contributed by atoms with E-state index in [9.17, 15) is 4.79 Å². The molecule has 0 aliphatic carbocycles. The monoisotopic (exact) mass is 257 g/mol. The van der Waals surface area contributed by atoms with Crippen molar-refractivity contribution in [2.45, 2.75) is 38.3 Å². The smallest absolute Gasteiger partial charge is 0.224 e. The Morgan fingerprint density at radius 1 is 1.56 bits per heavy atom. The lowest BCUT2D eigenvalue weighted by Gasteiger charge is -2.31. The number of hydrogen-bond acceptors (Lipinski definition) is 4. The number of rotatable bonds is 7. The lowest BCUT2D eigenvalue weighted by atomic mass is 10.1. The van der Waals surface area contributed by atoms with E-state index in [-0.39, 0.29) is 31.3 Å². The van der Waals surface area contributed by atoms with Crippen LogP contribution in [0.25, 0.3) is 0 Å². The van der Waals surface area contributed by atoms with Crippen LogP contribution in [0.3, 0.4) is 0 Å². The molecular formula is C13H23NO4. The van der Waals surface area contributed by atoms with Crippen LogP contribution >= 0.6 is 0 Å². The highest BCUT2D eigenvalue weighted by Gasteiger charge is 2.27. The molecule has 1 rings (SSSR count). The fraction of sp³-hybridized carbons (Fsp3) is 0.769. The summed E-state index contributed by atoms with van der Waals surface area (Å²) in [7, 11) is 0. The summed E-state index contributed by atoms with van der Waals surface area (Å²) in [5, 5.41) is 11.7. The average Bonchev–Trinajstić information content (AvgIpc) is 2.38. The van der Waals surface area contributed by atoms with Crippen molar-refractivity contribution in [2.75, 3.05) is 26.4 Å². The summed E-state index contributed by atoms with van der Waals surface area (Å²) in [6.45, 7) is 3.39. The summed E-state index contributed by atoms with van der Waals surface area (Å²) in [6.07, 6.45) is 5.77. The fourth-order valence-electron chi connectivity index (χ4n) is 1.87. The fourth-order valence-corrected chi connectivity index (χ4v) is 1.87. The molecule has 0 aromatic carbocycles. The van der Waals surface area contributed by atoms with Crippen molar-refractivity contribution in [3.63, 3.8) is 0 Å². The number of aliphatic hydroxyl groups excluding tert-OH is 1. The number of carbonyl (C=O) groups excluding carboxylic acids is 1. The molecular weight excluding hydrogens is 234 g/mol. The SMILES string of the molecule is CC/C=C/CC(=O)N[C@@H]1CCOC[C@H]1OCCO. The molecule has 1 fully saturated rings. The van der Waals surface area contributed by atoms with E-state index in [4.69, 9.17) is 14.6 Å². The van der Waals surface area contributed by atoms with Crippen LogP contribution in [0.15, 0.2) is 12.2 Å². The number of hydrogen-bond donors (Lipinski definition) is 2. The molecule has 0 bridgehead atoms. The van der Waals surface area contributed by atoms with Gasteiger partial charge in [-0.3, -0.25) is 4.79 Å². The quantitative estimate of drug-likeness (QED) is 0.656. The zero-order valence-electron chi connectivity index (χ0n) is 10.9. The number of allylic oxidation sites excluding steroid dienone is 1. The van der Waals surface area contributed by atoms with E-state index in [2.05, 4.69) is 5.32 Å². The van der Waals surface area contributed by atoms with Gasteiger partial charge in [0.1, 0.15) is 6.10 Å². The Morgan fingerprint density at radius 3 is 3.11 bits per heavy atom. The maximum Gasteiger partial charge on any atom is 0.224 e. The summed E-state index contributed by atoms with van der Waals surface area (Å²) in [4.78, 5) is 11.7. The topological polar surface area (TPSA) is 67.8 Å². The summed E-state index contributed by atoms with van der Waals surface area (Å²) >= 11 is 0. The lowest BCUT2D eigenvalue weighted by molar-refractivity contribution is -0.125. The molecule has 0 aromatic heterocycles. The molecule has 1 saturated heterocycles. The van der Waals surface area contributed by atoms with Gasteiger partial charge in [0, 0.05) is 13.0 Å². The molecule has 2 atom stereocenters. The van der Waals surface area contributed by atoms with Crippen molar-refractivity contribution in [2.24, 2.45) is 0 Å². The van der Waals surface area contributed by atoms with Gasteiger partial charge in [0.25, 0.3) is 0 Å². The largest absolute Gasteiger partial charge is 0.394 e. The molecule has 1 amide bonds. The van der Waals surface area contributed by atoms with E-state index in [0.717, 1.165) is 12.8 Å². The van der Waals surface area contributed by atoms with Crippen molar-refractivity contribution in [1.29, 1.82) is 0 Å². The van der Waals surface area contributed by atoms with Crippen LogP contribution in [0.1, 0.15) is 26.2 Å². The van der Waals surface area contributed by atoms with Crippen LogP contribution < -0.4 is 5.32 Å². The molecule has 0 saturated carbocycles. The third-order valence-electron chi connectivity index (χ3n) is 2.78. The van der Waals surface area contributed by atoms with Gasteiger partial charge in [-0.1, -0.05) is 19.1 Å². The Balaban J connectivity index is 2.36. The maximum atomic E-state index is 11.7. The van der Waals surface area contributed by atoms with E-state index in [0.29, 0.717) is 19.6 Å². The molecule has 1 aliphatic heterocycles. The molecule has 18 heavy (non-hydrogen) atoms. The van der Waals surface area contributed by atoms with E-state index in [1.807, 2.05) is 19.1 Å². The Bertz CT molecular complexity index is 268. The van der Waals surface area contributed by atoms with E-state index < -0.39 is 0 Å². The number of ether oxygens (including phenoxy) is 2. The zero-order chi connectivity index (χ0) is 13.2. The lowest BCUT2D eigenvalue weighted by Crippen LogP contribution is -2.50. The summed E-state index contributed by atoms with van der Waals surface area (Å²) in [5.41, 5.74) is 0. The van der Waals surface area contributed by atoms with Crippen LogP contribution in [0, 0.1) is 0 Å². The molecule has 2 N–H and O–H groups in total. The highest BCUT2D eigenvalue weighted by atomic mass is 16.5. The van der Waals surface area contributed by atoms with Crippen LogP contribution in [0.4, 0.5) is 0 Å². The van der Waals surface area contributed by atoms with Gasteiger partial charge in [-0.2, -0.15) is 0 Å². The van der Waals surface area contributed by atoms with E-state index in [1.54, 1.807) is 0 Å². The third kappa shape index (κ3) is 5.62. The van der Waals surface area contributed by atoms with Crippen molar-refractivity contribution in [1.82, 2.24) is 5.32 Å². The molecule has 0 spiro atoms.